The van der Waals surface area contributed by atoms with E-state index in [0.717, 1.165) is 0 Å². The van der Waals surface area contributed by atoms with Gasteiger partial charge in [-0.2, -0.15) is 0 Å². The van der Waals surface area contributed by atoms with E-state index in [-0.39, 0.29) is 35.1 Å². The average Bonchev–Trinajstić information content (AvgIpc) is 2.67. The van der Waals surface area contributed by atoms with Crippen molar-refractivity contribution in [3.8, 4) is 0 Å². The van der Waals surface area contributed by atoms with Crippen molar-refractivity contribution in [1.29, 1.82) is 0 Å². The van der Waals surface area contributed by atoms with Crippen molar-refractivity contribution in [2.24, 2.45) is 0 Å². The zero-order valence-electron chi connectivity index (χ0n) is 17.3. The molecular weight excluding hydrogens is 445 g/mol. The van der Waals surface area contributed by atoms with Crippen LogP contribution in [0.3, 0.4) is 0 Å². The third-order valence-electron chi connectivity index (χ3n) is 4.79. The molecule has 31 heavy (non-hydrogen) atoms. The van der Waals surface area contributed by atoms with Gasteiger partial charge >= 0.3 is 6.03 Å². The highest BCUT2D eigenvalue weighted by Gasteiger charge is 2.24. The highest BCUT2D eigenvalue weighted by Crippen LogP contribution is 2.26. The maximum atomic E-state index is 14.6. The van der Waals surface area contributed by atoms with Gasteiger partial charge < -0.3 is 20.3 Å². The minimum absolute atomic E-state index is 0.00381. The monoisotopic (exact) mass is 469 g/mol. The first kappa shape index (κ1) is 23.3. The van der Waals surface area contributed by atoms with Crippen LogP contribution in [0, 0.1) is 5.82 Å². The molecule has 2 atom stereocenters. The minimum atomic E-state index is -3.56. The van der Waals surface area contributed by atoms with Crippen LogP contribution in [-0.2, 0) is 14.6 Å². The second kappa shape index (κ2) is 9.84. The Bertz CT molecular complexity index is 1020. The fourth-order valence-corrected chi connectivity index (χ4v) is 4.73. The molecule has 1 aliphatic heterocycles. The summed E-state index contributed by atoms with van der Waals surface area (Å²) in [4.78, 5) is 14.1. The molecule has 1 heterocycles. The third kappa shape index (κ3) is 6.32. The number of amides is 2. The topological polar surface area (TPSA) is 87.7 Å². The summed E-state index contributed by atoms with van der Waals surface area (Å²) in [5, 5.41) is 5.43. The second-order valence-corrected chi connectivity index (χ2v) is 10.0. The molecule has 2 aromatic carbocycles. The van der Waals surface area contributed by atoms with Crippen molar-refractivity contribution in [2.45, 2.75) is 31.0 Å². The lowest BCUT2D eigenvalue weighted by Crippen LogP contribution is -2.45. The Morgan fingerprint density at radius 1 is 1.16 bits per heavy atom. The Kier molecular flexibility index (Phi) is 7.40. The van der Waals surface area contributed by atoms with E-state index < -0.39 is 21.7 Å². The maximum absolute atomic E-state index is 14.6. The van der Waals surface area contributed by atoms with E-state index >= 15 is 0 Å². The number of carbonyl (C=O) groups excluding carboxylic acids is 1. The molecule has 0 aliphatic carbocycles. The number of anilines is 2. The summed E-state index contributed by atoms with van der Waals surface area (Å²) in [6.07, 6.45) is -0.00763. The van der Waals surface area contributed by atoms with Crippen molar-refractivity contribution < 1.29 is 22.3 Å². The van der Waals surface area contributed by atoms with Crippen molar-refractivity contribution in [3.63, 3.8) is 0 Å². The molecule has 3 rings (SSSR count). The summed E-state index contributed by atoms with van der Waals surface area (Å²) in [6.45, 7) is 4.94. The molecule has 10 heteroatoms. The number of morpholine rings is 1. The lowest BCUT2D eigenvalue weighted by Gasteiger charge is -2.37. The van der Waals surface area contributed by atoms with Crippen LogP contribution in [0.25, 0.3) is 0 Å². The lowest BCUT2D eigenvalue weighted by atomic mass is 10.2. The molecule has 168 valence electrons. The van der Waals surface area contributed by atoms with Gasteiger partial charge in [0.05, 0.1) is 28.5 Å². The normalized spacial score (nSPS) is 19.2. The van der Waals surface area contributed by atoms with Gasteiger partial charge in [0, 0.05) is 30.3 Å². The van der Waals surface area contributed by atoms with E-state index in [0.29, 0.717) is 23.8 Å². The number of urea groups is 1. The molecule has 2 aromatic rings. The van der Waals surface area contributed by atoms with Crippen LogP contribution in [0.1, 0.15) is 13.8 Å². The fraction of sp³-hybridized carbons (Fsp3) is 0.381. The first-order valence-corrected chi connectivity index (χ1v) is 11.9. The van der Waals surface area contributed by atoms with Crippen LogP contribution in [0.5, 0.6) is 0 Å². The Labute approximate surface area is 186 Å². The standard InChI is InChI=1S/C21H25ClFN3O4S/c1-14-12-26(13-15(2)30-14)20-8-5-17(11-19(20)23)25-21(27)24-9-10-31(28,29)18-6-3-16(22)4-7-18/h3-8,11,14-15H,9-10,12-13H2,1-2H3,(H2,24,25,27)/t14-,15-/m1/s1. The van der Waals surface area contributed by atoms with E-state index in [9.17, 15) is 17.6 Å². The number of benzene rings is 2. The van der Waals surface area contributed by atoms with Gasteiger partial charge in [0.1, 0.15) is 5.82 Å². The smallest absolute Gasteiger partial charge is 0.319 e. The van der Waals surface area contributed by atoms with Crippen LogP contribution in [-0.4, -0.2) is 52.0 Å². The number of sulfone groups is 1. The SMILES string of the molecule is C[C@@H]1CN(c2ccc(NC(=O)NCCS(=O)(=O)c3ccc(Cl)cc3)cc2F)C[C@@H](C)O1. The van der Waals surface area contributed by atoms with Crippen molar-refractivity contribution in [3.05, 3.63) is 53.3 Å². The number of halogens is 2. The number of nitrogens with one attached hydrogen (secondary N) is 2. The number of hydrogen-bond donors (Lipinski definition) is 2. The summed E-state index contributed by atoms with van der Waals surface area (Å²) < 4.78 is 44.9. The molecular formula is C21H25ClFN3O4S. The molecule has 7 nitrogen and oxygen atoms in total. The van der Waals surface area contributed by atoms with Gasteiger partial charge in [0.25, 0.3) is 0 Å². The van der Waals surface area contributed by atoms with Crippen LogP contribution in [0.4, 0.5) is 20.6 Å². The van der Waals surface area contributed by atoms with E-state index in [1.807, 2.05) is 18.7 Å². The van der Waals surface area contributed by atoms with E-state index in [2.05, 4.69) is 10.6 Å². The molecule has 1 fully saturated rings. The first-order valence-electron chi connectivity index (χ1n) is 9.87. The number of nitrogens with zero attached hydrogens (tertiary/aromatic N) is 1. The number of carbonyl (C=O) groups is 1. The summed E-state index contributed by atoms with van der Waals surface area (Å²) in [5.74, 6) is -0.729. The average molecular weight is 470 g/mol. The number of ether oxygens (including phenoxy) is 1. The molecule has 0 aromatic heterocycles. The van der Waals surface area contributed by atoms with Crippen molar-refractivity contribution in [1.82, 2.24) is 5.32 Å². The maximum Gasteiger partial charge on any atom is 0.319 e. The Morgan fingerprint density at radius 2 is 1.81 bits per heavy atom. The number of rotatable bonds is 6. The quantitative estimate of drug-likeness (QED) is 0.673. The van der Waals surface area contributed by atoms with Gasteiger partial charge in [-0.25, -0.2) is 17.6 Å². The lowest BCUT2D eigenvalue weighted by molar-refractivity contribution is -0.00539. The molecule has 0 unspecified atom stereocenters. The molecule has 0 bridgehead atoms. The van der Waals surface area contributed by atoms with E-state index in [4.69, 9.17) is 16.3 Å². The molecule has 1 aliphatic rings. The minimum Gasteiger partial charge on any atom is -0.372 e. The Morgan fingerprint density at radius 3 is 2.42 bits per heavy atom. The van der Waals surface area contributed by atoms with Crippen LogP contribution >= 0.6 is 11.6 Å². The number of hydrogen-bond acceptors (Lipinski definition) is 5. The molecule has 1 saturated heterocycles. The van der Waals surface area contributed by atoms with Gasteiger partial charge in [0.15, 0.2) is 9.84 Å². The first-order chi connectivity index (χ1) is 14.6. The second-order valence-electron chi connectivity index (χ2n) is 7.48. The molecule has 0 spiro atoms. The molecule has 2 amide bonds. The third-order valence-corrected chi connectivity index (χ3v) is 6.78. The molecule has 0 saturated carbocycles. The zero-order valence-corrected chi connectivity index (χ0v) is 18.8. The van der Waals surface area contributed by atoms with Crippen LogP contribution in [0.2, 0.25) is 5.02 Å². The largest absolute Gasteiger partial charge is 0.372 e. The predicted octanol–water partition coefficient (Wildman–Crippen LogP) is 3.69. The molecule has 0 radical (unpaired) electrons. The van der Waals surface area contributed by atoms with Gasteiger partial charge in [0.2, 0.25) is 0 Å². The highest BCUT2D eigenvalue weighted by atomic mass is 35.5. The van der Waals surface area contributed by atoms with Gasteiger partial charge in [-0.05, 0) is 56.3 Å². The van der Waals surface area contributed by atoms with Gasteiger partial charge in [-0.1, -0.05) is 11.6 Å². The van der Waals surface area contributed by atoms with Crippen LogP contribution in [0.15, 0.2) is 47.4 Å². The molecule has 2 N–H and O–H groups in total. The van der Waals surface area contributed by atoms with Crippen molar-refractivity contribution in [2.75, 3.05) is 35.6 Å². The predicted molar refractivity (Wildman–Crippen MR) is 119 cm³/mol. The summed E-state index contributed by atoms with van der Waals surface area (Å²) in [5.41, 5.74) is 0.718. The Balaban J connectivity index is 1.53. The van der Waals surface area contributed by atoms with E-state index in [1.54, 1.807) is 12.1 Å². The van der Waals surface area contributed by atoms with Crippen molar-refractivity contribution >= 4 is 38.8 Å². The highest BCUT2D eigenvalue weighted by molar-refractivity contribution is 7.91. The summed E-state index contributed by atoms with van der Waals surface area (Å²) in [6, 6.07) is 9.65. The van der Waals surface area contributed by atoms with Gasteiger partial charge in [-0.3, -0.25) is 0 Å². The fourth-order valence-electron chi connectivity index (χ4n) is 3.45. The van der Waals surface area contributed by atoms with E-state index in [1.165, 1.54) is 30.3 Å². The summed E-state index contributed by atoms with van der Waals surface area (Å²) in [7, 11) is -3.56. The van der Waals surface area contributed by atoms with Crippen LogP contribution < -0.4 is 15.5 Å². The Hall–Kier alpha value is -2.36. The zero-order chi connectivity index (χ0) is 22.6. The van der Waals surface area contributed by atoms with Gasteiger partial charge in [-0.15, -0.1) is 0 Å². The summed E-state index contributed by atoms with van der Waals surface area (Å²) >= 11 is 5.77.